The average Bonchev–Trinajstić information content (AvgIpc) is 3.10. The second-order valence-electron chi connectivity index (χ2n) is 6.42. The molecule has 0 saturated carbocycles. The minimum atomic E-state index is 0.282. The second-order valence-corrected chi connectivity index (χ2v) is 6.42. The Bertz CT molecular complexity index is 374. The number of hydrogen-bond acceptors (Lipinski definition) is 2. The third-order valence-corrected chi connectivity index (χ3v) is 5.64. The van der Waals surface area contributed by atoms with Gasteiger partial charge in [-0.05, 0) is 43.9 Å². The summed E-state index contributed by atoms with van der Waals surface area (Å²) in [5.41, 5.74) is 0. The van der Waals surface area contributed by atoms with Crippen molar-refractivity contribution in [2.24, 2.45) is 17.8 Å². The number of allylic oxidation sites excluding steroid dienone is 2. The summed E-state index contributed by atoms with van der Waals surface area (Å²) in [5, 5.41) is 3.51. The van der Waals surface area contributed by atoms with Crippen LogP contribution in [-0.2, 0) is 4.79 Å². The summed E-state index contributed by atoms with van der Waals surface area (Å²) in [5.74, 6) is 2.27. The van der Waals surface area contributed by atoms with E-state index in [9.17, 15) is 4.79 Å². The van der Waals surface area contributed by atoms with Crippen LogP contribution in [0.1, 0.15) is 32.1 Å². The Morgan fingerprint density at radius 3 is 2.39 bits per heavy atom. The number of nitrogens with one attached hydrogen (secondary N) is 1. The van der Waals surface area contributed by atoms with E-state index >= 15 is 0 Å². The molecular weight excluding hydrogens is 224 g/mol. The maximum absolute atomic E-state index is 12.8. The van der Waals surface area contributed by atoms with E-state index in [0.29, 0.717) is 18.0 Å². The van der Waals surface area contributed by atoms with Crippen molar-refractivity contribution < 1.29 is 4.79 Å². The molecule has 0 aromatic carbocycles. The standard InChI is InChI=1S/C15H22N2O/c18-15(10-4-2-1-3-5-10)17-13-6-7-14(17)12-9-16-8-11(12)13/h1-2,10-14,16H,3-9H2/t10-,11-,12+,13-,14+/m0/s1. The molecule has 4 rings (SSSR count). The first kappa shape index (κ1) is 11.0. The van der Waals surface area contributed by atoms with Crippen LogP contribution in [0.15, 0.2) is 12.2 Å². The Kier molecular flexibility index (Phi) is 2.51. The van der Waals surface area contributed by atoms with Crippen molar-refractivity contribution in [2.45, 2.75) is 44.2 Å². The lowest BCUT2D eigenvalue weighted by Crippen LogP contribution is -2.42. The minimum absolute atomic E-state index is 0.282. The Hall–Kier alpha value is -0.830. The quantitative estimate of drug-likeness (QED) is 0.712. The van der Waals surface area contributed by atoms with Gasteiger partial charge in [0.2, 0.25) is 5.91 Å². The van der Waals surface area contributed by atoms with E-state index in [0.717, 1.165) is 44.2 Å². The van der Waals surface area contributed by atoms with E-state index in [2.05, 4.69) is 22.4 Å². The lowest BCUT2D eigenvalue weighted by Gasteiger charge is -2.29. The lowest BCUT2D eigenvalue weighted by molar-refractivity contribution is -0.137. The van der Waals surface area contributed by atoms with Gasteiger partial charge in [-0.1, -0.05) is 12.2 Å². The highest BCUT2D eigenvalue weighted by Gasteiger charge is 2.56. The fraction of sp³-hybridized carbons (Fsp3) is 0.800. The molecule has 3 saturated heterocycles. The molecule has 0 aromatic heterocycles. The topological polar surface area (TPSA) is 32.3 Å². The normalized spacial score (nSPS) is 45.6. The summed E-state index contributed by atoms with van der Waals surface area (Å²) >= 11 is 0. The van der Waals surface area contributed by atoms with Gasteiger partial charge in [0.05, 0.1) is 0 Å². The van der Waals surface area contributed by atoms with Crippen molar-refractivity contribution in [1.82, 2.24) is 10.2 Å². The summed E-state index contributed by atoms with van der Waals surface area (Å²) in [4.78, 5) is 15.1. The van der Waals surface area contributed by atoms with Gasteiger partial charge in [-0.15, -0.1) is 0 Å². The predicted molar refractivity (Wildman–Crippen MR) is 70.0 cm³/mol. The van der Waals surface area contributed by atoms with E-state index in [1.165, 1.54) is 12.8 Å². The van der Waals surface area contributed by atoms with Crippen molar-refractivity contribution in [1.29, 1.82) is 0 Å². The highest BCUT2D eigenvalue weighted by Crippen LogP contribution is 2.48. The van der Waals surface area contributed by atoms with Crippen molar-refractivity contribution in [3.63, 3.8) is 0 Å². The number of carbonyl (C=O) groups excluding carboxylic acids is 1. The van der Waals surface area contributed by atoms with Crippen molar-refractivity contribution in [3.05, 3.63) is 12.2 Å². The number of rotatable bonds is 1. The molecule has 3 heterocycles. The third-order valence-electron chi connectivity index (χ3n) is 5.64. The molecule has 2 bridgehead atoms. The number of carbonyl (C=O) groups is 1. The number of nitrogens with zero attached hydrogens (tertiary/aromatic N) is 1. The van der Waals surface area contributed by atoms with Crippen LogP contribution < -0.4 is 5.32 Å². The predicted octanol–water partition coefficient (Wildman–Crippen LogP) is 1.55. The molecule has 0 radical (unpaired) electrons. The monoisotopic (exact) mass is 246 g/mol. The van der Waals surface area contributed by atoms with Gasteiger partial charge in [0, 0.05) is 31.1 Å². The molecule has 0 unspecified atom stereocenters. The molecule has 3 aliphatic heterocycles. The second kappa shape index (κ2) is 4.09. The van der Waals surface area contributed by atoms with Gasteiger partial charge in [-0.25, -0.2) is 0 Å². The molecule has 1 N–H and O–H groups in total. The van der Waals surface area contributed by atoms with E-state index < -0.39 is 0 Å². The smallest absolute Gasteiger partial charge is 0.226 e. The molecule has 1 aliphatic carbocycles. The molecular formula is C15H22N2O. The largest absolute Gasteiger partial charge is 0.336 e. The first-order valence-corrected chi connectivity index (χ1v) is 7.54. The molecule has 3 heteroatoms. The Balaban J connectivity index is 1.55. The van der Waals surface area contributed by atoms with Crippen molar-refractivity contribution >= 4 is 5.91 Å². The highest BCUT2D eigenvalue weighted by atomic mass is 16.2. The summed E-state index contributed by atoms with van der Waals surface area (Å²) in [6.07, 6.45) is 10.1. The Morgan fingerprint density at radius 1 is 1.06 bits per heavy atom. The van der Waals surface area contributed by atoms with Gasteiger partial charge in [0.1, 0.15) is 0 Å². The van der Waals surface area contributed by atoms with E-state index in [1.807, 2.05) is 0 Å². The molecule has 0 aromatic rings. The van der Waals surface area contributed by atoms with Crippen LogP contribution in [0.3, 0.4) is 0 Å². The van der Waals surface area contributed by atoms with Crippen LogP contribution in [0.4, 0.5) is 0 Å². The van der Waals surface area contributed by atoms with Crippen molar-refractivity contribution in [3.8, 4) is 0 Å². The molecule has 18 heavy (non-hydrogen) atoms. The Labute approximate surface area is 109 Å². The molecule has 1 amide bonds. The first-order chi connectivity index (χ1) is 8.86. The van der Waals surface area contributed by atoms with Gasteiger partial charge in [0.25, 0.3) is 0 Å². The molecule has 3 fully saturated rings. The first-order valence-electron chi connectivity index (χ1n) is 7.54. The highest BCUT2D eigenvalue weighted by molar-refractivity contribution is 5.80. The zero-order valence-electron chi connectivity index (χ0n) is 10.8. The maximum atomic E-state index is 12.8. The molecule has 4 aliphatic rings. The fourth-order valence-electron chi connectivity index (χ4n) is 4.82. The van der Waals surface area contributed by atoms with E-state index in [4.69, 9.17) is 0 Å². The van der Waals surface area contributed by atoms with Gasteiger partial charge in [0.15, 0.2) is 0 Å². The molecule has 3 nitrogen and oxygen atoms in total. The summed E-state index contributed by atoms with van der Waals surface area (Å²) in [7, 11) is 0. The minimum Gasteiger partial charge on any atom is -0.336 e. The molecule has 0 spiro atoms. The SMILES string of the molecule is O=C([C@H]1CC=CCC1)N1[C@@H]2CC[C@H]1[C@H]1CNC[C@H]12. The van der Waals surface area contributed by atoms with Gasteiger partial charge in [-0.3, -0.25) is 4.79 Å². The average molecular weight is 246 g/mol. The zero-order valence-corrected chi connectivity index (χ0v) is 10.8. The number of hydrogen-bond donors (Lipinski definition) is 1. The molecule has 5 atom stereocenters. The fourth-order valence-corrected chi connectivity index (χ4v) is 4.82. The summed E-state index contributed by atoms with van der Waals surface area (Å²) in [6, 6.07) is 1.13. The zero-order chi connectivity index (χ0) is 12.1. The van der Waals surface area contributed by atoms with Crippen LogP contribution in [0.5, 0.6) is 0 Å². The molecule has 98 valence electrons. The van der Waals surface area contributed by atoms with Crippen LogP contribution >= 0.6 is 0 Å². The van der Waals surface area contributed by atoms with E-state index in [1.54, 1.807) is 0 Å². The van der Waals surface area contributed by atoms with Crippen LogP contribution in [0.25, 0.3) is 0 Å². The van der Waals surface area contributed by atoms with Crippen molar-refractivity contribution in [2.75, 3.05) is 13.1 Å². The van der Waals surface area contributed by atoms with E-state index in [-0.39, 0.29) is 5.92 Å². The van der Waals surface area contributed by atoms with Gasteiger partial charge < -0.3 is 10.2 Å². The summed E-state index contributed by atoms with van der Waals surface area (Å²) in [6.45, 7) is 2.28. The van der Waals surface area contributed by atoms with Crippen LogP contribution in [-0.4, -0.2) is 36.0 Å². The lowest BCUT2D eigenvalue weighted by atomic mass is 9.82. The van der Waals surface area contributed by atoms with Gasteiger partial charge in [-0.2, -0.15) is 0 Å². The summed E-state index contributed by atoms with van der Waals surface area (Å²) < 4.78 is 0. The number of fused-ring (bicyclic) bond motifs is 5. The van der Waals surface area contributed by atoms with Gasteiger partial charge >= 0.3 is 0 Å². The third kappa shape index (κ3) is 1.43. The van der Waals surface area contributed by atoms with Crippen LogP contribution in [0.2, 0.25) is 0 Å². The maximum Gasteiger partial charge on any atom is 0.226 e. The number of amides is 1. The van der Waals surface area contributed by atoms with Crippen LogP contribution in [0, 0.1) is 17.8 Å². The Morgan fingerprint density at radius 2 is 1.78 bits per heavy atom.